The number of carbonyl (C=O) groups is 1. The summed E-state index contributed by atoms with van der Waals surface area (Å²) >= 11 is 0. The number of carbonyl (C=O) groups excluding carboxylic acids is 1. The summed E-state index contributed by atoms with van der Waals surface area (Å²) in [4.78, 5) is 12.1. The molecule has 2 aliphatic rings. The van der Waals surface area contributed by atoms with Crippen LogP contribution in [-0.4, -0.2) is 31.3 Å². The molecule has 3 rings (SSSR count). The van der Waals surface area contributed by atoms with E-state index in [0.717, 1.165) is 18.7 Å². The number of benzene rings is 1. The zero-order chi connectivity index (χ0) is 15.0. The lowest BCUT2D eigenvalue weighted by Crippen LogP contribution is -2.63. The van der Waals surface area contributed by atoms with E-state index in [1.165, 1.54) is 0 Å². The third-order valence-electron chi connectivity index (χ3n) is 4.83. The van der Waals surface area contributed by atoms with Crippen LogP contribution in [-0.2, 0) is 9.47 Å². The number of hydrogen-bond donors (Lipinski definition) is 1. The summed E-state index contributed by atoms with van der Waals surface area (Å²) in [6.45, 7) is 7.51. The third-order valence-corrected chi connectivity index (χ3v) is 4.83. The molecule has 0 spiro atoms. The summed E-state index contributed by atoms with van der Waals surface area (Å²) in [7, 11) is 0. The minimum Gasteiger partial charge on any atom is -0.462 e. The van der Waals surface area contributed by atoms with Gasteiger partial charge in [-0.2, -0.15) is 0 Å². The molecule has 1 aliphatic heterocycles. The lowest BCUT2D eigenvalue weighted by Gasteiger charge is -2.55. The number of para-hydroxylation sites is 1. The standard InChI is InChI=1S/C17H23NO3/c1-4-20-16(19)11-7-5-6-8-13(11)18-14-12-9-10-21-15(12)17(14,2)3/h5-8,12,14-15,18H,4,9-10H2,1-3H3. The van der Waals surface area contributed by atoms with Crippen LogP contribution in [0.1, 0.15) is 37.6 Å². The average Bonchev–Trinajstić information content (AvgIpc) is 2.92. The molecule has 114 valence electrons. The predicted octanol–water partition coefficient (Wildman–Crippen LogP) is 3.09. The van der Waals surface area contributed by atoms with Crippen LogP contribution in [0.2, 0.25) is 0 Å². The van der Waals surface area contributed by atoms with Gasteiger partial charge in [0.1, 0.15) is 0 Å². The van der Waals surface area contributed by atoms with Gasteiger partial charge in [-0.1, -0.05) is 26.0 Å². The van der Waals surface area contributed by atoms with E-state index in [-0.39, 0.29) is 11.4 Å². The van der Waals surface area contributed by atoms with Gasteiger partial charge >= 0.3 is 5.97 Å². The Balaban J connectivity index is 1.81. The molecule has 0 amide bonds. The van der Waals surface area contributed by atoms with E-state index in [9.17, 15) is 4.79 Å². The maximum absolute atomic E-state index is 12.1. The van der Waals surface area contributed by atoms with Crippen molar-refractivity contribution in [1.29, 1.82) is 0 Å². The molecule has 1 N–H and O–H groups in total. The number of nitrogens with one attached hydrogen (secondary N) is 1. The van der Waals surface area contributed by atoms with Crippen molar-refractivity contribution >= 4 is 11.7 Å². The first-order chi connectivity index (χ1) is 10.1. The molecule has 21 heavy (non-hydrogen) atoms. The number of esters is 1. The molecule has 1 aromatic rings. The van der Waals surface area contributed by atoms with Crippen LogP contribution < -0.4 is 5.32 Å². The summed E-state index contributed by atoms with van der Waals surface area (Å²) in [5.74, 6) is 0.271. The molecule has 1 aliphatic carbocycles. The van der Waals surface area contributed by atoms with E-state index in [2.05, 4.69) is 19.2 Å². The lowest BCUT2D eigenvalue weighted by atomic mass is 9.57. The van der Waals surface area contributed by atoms with Crippen LogP contribution in [0.3, 0.4) is 0 Å². The molecule has 0 bridgehead atoms. The topological polar surface area (TPSA) is 47.6 Å². The second kappa shape index (κ2) is 5.34. The Morgan fingerprint density at radius 2 is 2.19 bits per heavy atom. The Morgan fingerprint density at radius 1 is 1.43 bits per heavy atom. The Morgan fingerprint density at radius 3 is 2.95 bits per heavy atom. The Hall–Kier alpha value is -1.55. The van der Waals surface area contributed by atoms with E-state index in [0.29, 0.717) is 30.2 Å². The monoisotopic (exact) mass is 289 g/mol. The zero-order valence-corrected chi connectivity index (χ0v) is 12.9. The van der Waals surface area contributed by atoms with Crippen molar-refractivity contribution in [3.8, 4) is 0 Å². The highest BCUT2D eigenvalue weighted by molar-refractivity contribution is 5.95. The first-order valence-electron chi connectivity index (χ1n) is 7.70. The summed E-state index contributed by atoms with van der Waals surface area (Å²) in [6.07, 6.45) is 1.43. The Labute approximate surface area is 125 Å². The molecule has 1 aromatic carbocycles. The van der Waals surface area contributed by atoms with Crippen LogP contribution in [0.5, 0.6) is 0 Å². The van der Waals surface area contributed by atoms with E-state index in [1.807, 2.05) is 31.2 Å². The summed E-state index contributed by atoms with van der Waals surface area (Å²) < 4.78 is 11.0. The van der Waals surface area contributed by atoms with Crippen molar-refractivity contribution in [2.24, 2.45) is 11.3 Å². The number of anilines is 1. The normalized spacial score (nSPS) is 29.4. The van der Waals surface area contributed by atoms with Gasteiger partial charge in [0.15, 0.2) is 0 Å². The van der Waals surface area contributed by atoms with Crippen molar-refractivity contribution < 1.29 is 14.3 Å². The molecule has 0 aromatic heterocycles. The second-order valence-corrected chi connectivity index (χ2v) is 6.45. The van der Waals surface area contributed by atoms with E-state index >= 15 is 0 Å². The Kier molecular flexibility index (Phi) is 3.66. The van der Waals surface area contributed by atoms with Crippen molar-refractivity contribution in [3.05, 3.63) is 29.8 Å². The molecule has 1 saturated heterocycles. The van der Waals surface area contributed by atoms with Gasteiger partial charge in [0.25, 0.3) is 0 Å². The van der Waals surface area contributed by atoms with E-state index in [1.54, 1.807) is 0 Å². The first-order valence-corrected chi connectivity index (χ1v) is 7.70. The lowest BCUT2D eigenvalue weighted by molar-refractivity contribution is -0.0923. The van der Waals surface area contributed by atoms with Gasteiger partial charge in [-0.15, -0.1) is 0 Å². The highest BCUT2D eigenvalue weighted by Gasteiger charge is 2.59. The molecule has 3 atom stereocenters. The zero-order valence-electron chi connectivity index (χ0n) is 12.9. The first kappa shape index (κ1) is 14.4. The van der Waals surface area contributed by atoms with Crippen LogP contribution in [0.25, 0.3) is 0 Å². The molecule has 1 heterocycles. The number of fused-ring (bicyclic) bond motifs is 1. The van der Waals surface area contributed by atoms with Gasteiger partial charge in [0.05, 0.1) is 18.3 Å². The second-order valence-electron chi connectivity index (χ2n) is 6.45. The van der Waals surface area contributed by atoms with Crippen molar-refractivity contribution in [3.63, 3.8) is 0 Å². The quantitative estimate of drug-likeness (QED) is 0.865. The van der Waals surface area contributed by atoms with Gasteiger partial charge in [0, 0.05) is 29.7 Å². The molecular weight excluding hydrogens is 266 g/mol. The smallest absolute Gasteiger partial charge is 0.340 e. The van der Waals surface area contributed by atoms with Gasteiger partial charge in [0.2, 0.25) is 0 Å². The molecule has 4 heteroatoms. The highest BCUT2D eigenvalue weighted by Crippen LogP contribution is 2.53. The molecular formula is C17H23NO3. The molecule has 1 saturated carbocycles. The van der Waals surface area contributed by atoms with Gasteiger partial charge in [-0.05, 0) is 25.5 Å². The van der Waals surface area contributed by atoms with Gasteiger partial charge < -0.3 is 14.8 Å². The highest BCUT2D eigenvalue weighted by atomic mass is 16.5. The number of hydrogen-bond acceptors (Lipinski definition) is 4. The molecule has 4 nitrogen and oxygen atoms in total. The predicted molar refractivity (Wildman–Crippen MR) is 81.4 cm³/mol. The fourth-order valence-corrected chi connectivity index (χ4v) is 3.78. The van der Waals surface area contributed by atoms with Crippen LogP contribution in [0, 0.1) is 11.3 Å². The summed E-state index contributed by atoms with van der Waals surface area (Å²) in [5, 5.41) is 3.57. The van der Waals surface area contributed by atoms with Crippen molar-refractivity contribution in [2.75, 3.05) is 18.5 Å². The molecule has 3 unspecified atom stereocenters. The van der Waals surface area contributed by atoms with E-state index < -0.39 is 0 Å². The number of ether oxygens (including phenoxy) is 2. The maximum Gasteiger partial charge on any atom is 0.340 e. The fraction of sp³-hybridized carbons (Fsp3) is 0.588. The average molecular weight is 289 g/mol. The fourth-order valence-electron chi connectivity index (χ4n) is 3.78. The van der Waals surface area contributed by atoms with Crippen LogP contribution in [0.15, 0.2) is 24.3 Å². The summed E-state index contributed by atoms with van der Waals surface area (Å²) in [6, 6.07) is 7.91. The minimum absolute atomic E-state index is 0.0862. The van der Waals surface area contributed by atoms with E-state index in [4.69, 9.17) is 9.47 Å². The maximum atomic E-state index is 12.1. The SMILES string of the molecule is CCOC(=O)c1ccccc1NC1C2CCOC2C1(C)C. The minimum atomic E-state index is -0.267. The van der Waals surface area contributed by atoms with Gasteiger partial charge in [-0.3, -0.25) is 0 Å². The molecule has 0 radical (unpaired) electrons. The Bertz CT molecular complexity index is 541. The van der Waals surface area contributed by atoms with Crippen molar-refractivity contribution in [1.82, 2.24) is 0 Å². The van der Waals surface area contributed by atoms with Crippen molar-refractivity contribution in [2.45, 2.75) is 39.3 Å². The number of rotatable bonds is 4. The van der Waals surface area contributed by atoms with Gasteiger partial charge in [-0.25, -0.2) is 4.79 Å². The van der Waals surface area contributed by atoms with Crippen LogP contribution >= 0.6 is 0 Å². The molecule has 2 fully saturated rings. The van der Waals surface area contributed by atoms with Crippen LogP contribution in [0.4, 0.5) is 5.69 Å². The third kappa shape index (κ3) is 2.31. The largest absolute Gasteiger partial charge is 0.462 e. The summed E-state index contributed by atoms with van der Waals surface area (Å²) in [5.41, 5.74) is 1.56.